The van der Waals surface area contributed by atoms with Crippen molar-refractivity contribution < 1.29 is 9.47 Å². The van der Waals surface area contributed by atoms with Crippen molar-refractivity contribution in [2.45, 2.75) is 18.9 Å². The van der Waals surface area contributed by atoms with Crippen molar-refractivity contribution in [3.63, 3.8) is 0 Å². The lowest BCUT2D eigenvalue weighted by Crippen LogP contribution is -2.11. The van der Waals surface area contributed by atoms with Crippen molar-refractivity contribution in [3.05, 3.63) is 59.7 Å². The summed E-state index contributed by atoms with van der Waals surface area (Å²) in [6, 6.07) is 16.4. The molecule has 20 heavy (non-hydrogen) atoms. The molecule has 1 aliphatic heterocycles. The molecule has 0 aliphatic carbocycles. The Morgan fingerprint density at radius 2 is 1.75 bits per heavy atom. The Morgan fingerprint density at radius 1 is 1.00 bits per heavy atom. The van der Waals surface area contributed by atoms with Gasteiger partial charge >= 0.3 is 0 Å². The van der Waals surface area contributed by atoms with E-state index in [9.17, 15) is 0 Å². The first-order valence-electron chi connectivity index (χ1n) is 6.52. The van der Waals surface area contributed by atoms with Crippen LogP contribution in [0.5, 0.6) is 11.5 Å². The Kier molecular flexibility index (Phi) is 4.88. The molecule has 1 atom stereocenters. The van der Waals surface area contributed by atoms with Crippen LogP contribution in [0, 0.1) is 0 Å². The maximum absolute atomic E-state index is 6.20. The van der Waals surface area contributed by atoms with Crippen LogP contribution in [0.4, 0.5) is 0 Å². The molecule has 0 saturated heterocycles. The number of nitrogens with two attached hydrogens (primary N) is 1. The van der Waals surface area contributed by atoms with E-state index in [2.05, 4.69) is 18.2 Å². The van der Waals surface area contributed by atoms with Gasteiger partial charge in [0.25, 0.3) is 0 Å². The highest BCUT2D eigenvalue weighted by atomic mass is 35.5. The number of fused-ring (bicyclic) bond motifs is 1. The van der Waals surface area contributed by atoms with Gasteiger partial charge in [0.2, 0.25) is 6.79 Å². The summed E-state index contributed by atoms with van der Waals surface area (Å²) in [6.07, 6.45) is 1.86. The molecule has 0 fully saturated rings. The minimum atomic E-state index is 0. The van der Waals surface area contributed by atoms with Gasteiger partial charge in [-0.1, -0.05) is 36.4 Å². The standard InChI is InChI=1S/C16H17NO2.ClH/c17-14(13-4-2-1-3-5-13)8-6-12-7-9-15-16(10-12)19-11-18-15;/h1-5,7,9-10,14H,6,8,11,17H2;1H. The van der Waals surface area contributed by atoms with Crippen molar-refractivity contribution in [3.8, 4) is 11.5 Å². The molecule has 1 unspecified atom stereocenters. The monoisotopic (exact) mass is 291 g/mol. The predicted octanol–water partition coefficient (Wildman–Crippen LogP) is 3.47. The van der Waals surface area contributed by atoms with E-state index < -0.39 is 0 Å². The quantitative estimate of drug-likeness (QED) is 0.938. The van der Waals surface area contributed by atoms with E-state index in [1.165, 1.54) is 11.1 Å². The summed E-state index contributed by atoms with van der Waals surface area (Å²) in [6.45, 7) is 0.322. The number of rotatable bonds is 4. The molecule has 3 nitrogen and oxygen atoms in total. The molecule has 0 saturated carbocycles. The van der Waals surface area contributed by atoms with Crippen LogP contribution in [0.2, 0.25) is 0 Å². The lowest BCUT2D eigenvalue weighted by atomic mass is 10.00. The minimum absolute atomic E-state index is 0. The molecule has 3 rings (SSSR count). The number of hydrogen-bond acceptors (Lipinski definition) is 3. The molecule has 0 spiro atoms. The summed E-state index contributed by atoms with van der Waals surface area (Å²) in [5.74, 6) is 1.67. The Labute approximate surface area is 125 Å². The summed E-state index contributed by atoms with van der Waals surface area (Å²) in [4.78, 5) is 0. The van der Waals surface area contributed by atoms with Gasteiger partial charge in [-0.05, 0) is 36.1 Å². The van der Waals surface area contributed by atoms with Crippen LogP contribution < -0.4 is 15.2 Å². The molecule has 0 bridgehead atoms. The first-order valence-corrected chi connectivity index (χ1v) is 6.52. The van der Waals surface area contributed by atoms with Crippen LogP contribution in [-0.2, 0) is 6.42 Å². The maximum atomic E-state index is 6.20. The van der Waals surface area contributed by atoms with Crippen LogP contribution in [-0.4, -0.2) is 6.79 Å². The first-order chi connectivity index (χ1) is 9.33. The van der Waals surface area contributed by atoms with E-state index >= 15 is 0 Å². The van der Waals surface area contributed by atoms with Crippen LogP contribution >= 0.6 is 12.4 Å². The van der Waals surface area contributed by atoms with Gasteiger partial charge in [-0.25, -0.2) is 0 Å². The van der Waals surface area contributed by atoms with Crippen LogP contribution in [0.25, 0.3) is 0 Å². The van der Waals surface area contributed by atoms with Crippen molar-refractivity contribution in [1.82, 2.24) is 0 Å². The average molecular weight is 292 g/mol. The molecule has 1 heterocycles. The summed E-state index contributed by atoms with van der Waals surface area (Å²) < 4.78 is 10.7. The lowest BCUT2D eigenvalue weighted by molar-refractivity contribution is 0.174. The summed E-state index contributed by atoms with van der Waals surface area (Å²) in [7, 11) is 0. The third kappa shape index (κ3) is 3.24. The highest BCUT2D eigenvalue weighted by Gasteiger charge is 2.13. The zero-order valence-electron chi connectivity index (χ0n) is 11.1. The maximum Gasteiger partial charge on any atom is 0.231 e. The number of halogens is 1. The number of benzene rings is 2. The fourth-order valence-electron chi connectivity index (χ4n) is 2.29. The number of ether oxygens (including phenoxy) is 2. The SMILES string of the molecule is Cl.NC(CCc1ccc2c(c1)OCO2)c1ccccc1. The molecule has 2 aromatic rings. The van der Waals surface area contributed by atoms with E-state index in [0.29, 0.717) is 6.79 Å². The van der Waals surface area contributed by atoms with Crippen molar-refractivity contribution in [1.29, 1.82) is 0 Å². The van der Waals surface area contributed by atoms with Gasteiger partial charge in [-0.2, -0.15) is 0 Å². The third-order valence-electron chi connectivity index (χ3n) is 3.41. The Balaban J connectivity index is 0.00000147. The van der Waals surface area contributed by atoms with Gasteiger partial charge in [-0.3, -0.25) is 0 Å². The van der Waals surface area contributed by atoms with Crippen molar-refractivity contribution in [2.75, 3.05) is 6.79 Å². The largest absolute Gasteiger partial charge is 0.454 e. The zero-order chi connectivity index (χ0) is 13.1. The minimum Gasteiger partial charge on any atom is -0.454 e. The molecule has 4 heteroatoms. The normalized spacial score (nSPS) is 13.7. The Morgan fingerprint density at radius 3 is 2.55 bits per heavy atom. The predicted molar refractivity (Wildman–Crippen MR) is 81.5 cm³/mol. The van der Waals surface area contributed by atoms with Gasteiger partial charge in [0.1, 0.15) is 0 Å². The van der Waals surface area contributed by atoms with Crippen LogP contribution in [0.1, 0.15) is 23.6 Å². The topological polar surface area (TPSA) is 44.5 Å². The highest BCUT2D eigenvalue weighted by Crippen LogP contribution is 2.33. The van der Waals surface area contributed by atoms with Crippen LogP contribution in [0.15, 0.2) is 48.5 Å². The average Bonchev–Trinajstić information content (AvgIpc) is 2.93. The number of aryl methyl sites for hydroxylation is 1. The fourth-order valence-corrected chi connectivity index (χ4v) is 2.29. The van der Waals surface area contributed by atoms with Gasteiger partial charge < -0.3 is 15.2 Å². The second-order valence-corrected chi connectivity index (χ2v) is 4.74. The molecule has 0 aromatic heterocycles. The Hall–Kier alpha value is -1.71. The third-order valence-corrected chi connectivity index (χ3v) is 3.41. The molecule has 0 amide bonds. The first kappa shape index (κ1) is 14.7. The van der Waals surface area contributed by atoms with Crippen molar-refractivity contribution in [2.24, 2.45) is 5.73 Å². The Bertz CT molecular complexity index is 560. The fraction of sp³-hybridized carbons (Fsp3) is 0.250. The summed E-state index contributed by atoms with van der Waals surface area (Å²) in [5.41, 5.74) is 8.62. The lowest BCUT2D eigenvalue weighted by Gasteiger charge is -2.12. The van der Waals surface area contributed by atoms with E-state index in [1.807, 2.05) is 30.3 Å². The van der Waals surface area contributed by atoms with E-state index in [4.69, 9.17) is 15.2 Å². The summed E-state index contributed by atoms with van der Waals surface area (Å²) in [5, 5.41) is 0. The van der Waals surface area contributed by atoms with Crippen molar-refractivity contribution >= 4 is 12.4 Å². The van der Waals surface area contributed by atoms with E-state index in [-0.39, 0.29) is 18.4 Å². The zero-order valence-corrected chi connectivity index (χ0v) is 11.9. The number of hydrogen-bond donors (Lipinski definition) is 1. The van der Waals surface area contributed by atoms with Gasteiger partial charge in [0.15, 0.2) is 11.5 Å². The molecule has 106 valence electrons. The van der Waals surface area contributed by atoms with Gasteiger partial charge in [-0.15, -0.1) is 12.4 Å². The second kappa shape index (κ2) is 6.64. The van der Waals surface area contributed by atoms with Gasteiger partial charge in [0.05, 0.1) is 0 Å². The molecular weight excluding hydrogens is 274 g/mol. The van der Waals surface area contributed by atoms with E-state index in [0.717, 1.165) is 24.3 Å². The molecule has 0 radical (unpaired) electrons. The van der Waals surface area contributed by atoms with Crippen LogP contribution in [0.3, 0.4) is 0 Å². The molecular formula is C16H18ClNO2. The molecule has 2 aromatic carbocycles. The summed E-state index contributed by atoms with van der Waals surface area (Å²) >= 11 is 0. The van der Waals surface area contributed by atoms with E-state index in [1.54, 1.807) is 0 Å². The van der Waals surface area contributed by atoms with Gasteiger partial charge in [0, 0.05) is 6.04 Å². The second-order valence-electron chi connectivity index (χ2n) is 4.74. The molecule has 1 aliphatic rings. The highest BCUT2D eigenvalue weighted by molar-refractivity contribution is 5.85. The smallest absolute Gasteiger partial charge is 0.231 e. The molecule has 2 N–H and O–H groups in total.